The Morgan fingerprint density at radius 3 is 2.67 bits per heavy atom. The van der Waals surface area contributed by atoms with E-state index in [0.29, 0.717) is 23.2 Å². The van der Waals surface area contributed by atoms with Crippen LogP contribution >= 0.6 is 15.9 Å². The van der Waals surface area contributed by atoms with Crippen molar-refractivity contribution in [1.82, 2.24) is 4.31 Å². The van der Waals surface area contributed by atoms with Gasteiger partial charge in [0.25, 0.3) is 0 Å². The van der Waals surface area contributed by atoms with Crippen LogP contribution in [-0.2, 0) is 10.0 Å². The molecule has 0 radical (unpaired) electrons. The van der Waals surface area contributed by atoms with Crippen molar-refractivity contribution in [3.63, 3.8) is 0 Å². The van der Waals surface area contributed by atoms with Crippen molar-refractivity contribution in [2.75, 3.05) is 20.3 Å². The van der Waals surface area contributed by atoms with Crippen LogP contribution in [0.15, 0.2) is 27.6 Å². The van der Waals surface area contributed by atoms with Gasteiger partial charge in [0.1, 0.15) is 10.6 Å². The maximum absolute atomic E-state index is 12.9. The van der Waals surface area contributed by atoms with E-state index in [9.17, 15) is 8.42 Å². The van der Waals surface area contributed by atoms with Crippen molar-refractivity contribution < 1.29 is 18.3 Å². The normalized spacial score (nSPS) is 16.0. The number of ether oxygens (including phenoxy) is 1. The van der Waals surface area contributed by atoms with Gasteiger partial charge in [-0.1, -0.05) is 22.4 Å². The predicted octanol–water partition coefficient (Wildman–Crippen LogP) is 2.38. The first-order valence-corrected chi connectivity index (χ1v) is 9.20. The van der Waals surface area contributed by atoms with E-state index in [4.69, 9.17) is 9.84 Å². The van der Waals surface area contributed by atoms with Gasteiger partial charge >= 0.3 is 0 Å². The van der Waals surface area contributed by atoms with E-state index in [1.807, 2.05) is 0 Å². The van der Waals surface area contributed by atoms with Crippen molar-refractivity contribution in [2.45, 2.75) is 36.6 Å². The Morgan fingerprint density at radius 1 is 1.43 bits per heavy atom. The number of nitrogens with zero attached hydrogens (tertiary/aromatic N) is 1. The van der Waals surface area contributed by atoms with Crippen molar-refractivity contribution in [1.29, 1.82) is 0 Å². The Morgan fingerprint density at radius 2 is 2.14 bits per heavy atom. The molecule has 1 saturated carbocycles. The summed E-state index contributed by atoms with van der Waals surface area (Å²) in [7, 11) is -2.17. The minimum atomic E-state index is -3.63. The second kappa shape index (κ2) is 7.09. The van der Waals surface area contributed by atoms with Crippen LogP contribution in [0.1, 0.15) is 25.7 Å². The third kappa shape index (κ3) is 3.59. The third-order valence-corrected chi connectivity index (χ3v) is 6.20. The minimum absolute atomic E-state index is 0.0195. The molecule has 1 N–H and O–H groups in total. The van der Waals surface area contributed by atoms with Gasteiger partial charge in [-0.25, -0.2) is 8.42 Å². The van der Waals surface area contributed by atoms with Gasteiger partial charge in [-0.3, -0.25) is 0 Å². The summed E-state index contributed by atoms with van der Waals surface area (Å²) in [4.78, 5) is 0.171. The predicted molar refractivity (Wildman–Crippen MR) is 83.9 cm³/mol. The van der Waals surface area contributed by atoms with Gasteiger partial charge in [-0.05, 0) is 37.5 Å². The van der Waals surface area contributed by atoms with Crippen LogP contribution in [0.4, 0.5) is 0 Å². The number of aliphatic hydroxyl groups excluding tert-OH is 1. The van der Waals surface area contributed by atoms with Crippen molar-refractivity contribution in [2.24, 2.45) is 0 Å². The first kappa shape index (κ1) is 16.7. The number of sulfonamides is 1. The minimum Gasteiger partial charge on any atom is -0.495 e. The molecule has 118 valence electrons. The molecular weight excluding hydrogens is 358 g/mol. The summed E-state index contributed by atoms with van der Waals surface area (Å²) in [5.74, 6) is 0.339. The Balaban J connectivity index is 2.39. The maximum atomic E-state index is 12.9. The highest BCUT2D eigenvalue weighted by atomic mass is 79.9. The van der Waals surface area contributed by atoms with Crippen molar-refractivity contribution in [3.8, 4) is 5.75 Å². The molecule has 1 aliphatic rings. The smallest absolute Gasteiger partial charge is 0.247 e. The molecule has 0 atom stereocenters. The average molecular weight is 378 g/mol. The summed E-state index contributed by atoms with van der Waals surface area (Å²) >= 11 is 3.31. The van der Waals surface area contributed by atoms with E-state index in [1.54, 1.807) is 18.2 Å². The number of rotatable bonds is 7. The lowest BCUT2D eigenvalue weighted by atomic mass is 9.93. The Labute approximate surface area is 134 Å². The first-order valence-electron chi connectivity index (χ1n) is 6.97. The third-order valence-electron chi connectivity index (χ3n) is 3.73. The van der Waals surface area contributed by atoms with Crippen molar-refractivity contribution >= 4 is 26.0 Å². The molecule has 1 fully saturated rings. The second-order valence-corrected chi connectivity index (χ2v) is 7.85. The molecule has 7 heteroatoms. The van der Waals surface area contributed by atoms with Crippen molar-refractivity contribution in [3.05, 3.63) is 22.7 Å². The topological polar surface area (TPSA) is 66.8 Å². The number of aliphatic hydroxyl groups is 1. The van der Waals surface area contributed by atoms with Gasteiger partial charge in [0.2, 0.25) is 10.0 Å². The number of halogens is 1. The Bertz CT molecular complexity index is 587. The van der Waals surface area contributed by atoms with Crippen LogP contribution in [0.5, 0.6) is 5.75 Å². The molecule has 2 rings (SSSR count). The fourth-order valence-corrected chi connectivity index (χ4v) is 4.80. The molecule has 1 aromatic carbocycles. The van der Waals surface area contributed by atoms with Crippen LogP contribution in [0.25, 0.3) is 0 Å². The largest absolute Gasteiger partial charge is 0.495 e. The highest BCUT2D eigenvalue weighted by molar-refractivity contribution is 9.10. The molecule has 0 spiro atoms. The quantitative estimate of drug-likeness (QED) is 0.791. The maximum Gasteiger partial charge on any atom is 0.247 e. The van der Waals surface area contributed by atoms with Crippen LogP contribution in [-0.4, -0.2) is 44.1 Å². The van der Waals surface area contributed by atoms with Gasteiger partial charge in [-0.2, -0.15) is 4.31 Å². The summed E-state index contributed by atoms with van der Waals surface area (Å²) in [6.45, 7) is 0.313. The van der Waals surface area contributed by atoms with E-state index >= 15 is 0 Å². The fraction of sp³-hybridized carbons (Fsp3) is 0.571. The molecule has 0 aliphatic heterocycles. The lowest BCUT2D eigenvalue weighted by Crippen LogP contribution is -2.44. The van der Waals surface area contributed by atoms with E-state index < -0.39 is 10.0 Å². The highest BCUT2D eigenvalue weighted by Gasteiger charge is 2.36. The lowest BCUT2D eigenvalue weighted by Gasteiger charge is -2.36. The molecule has 0 heterocycles. The highest BCUT2D eigenvalue weighted by Crippen LogP contribution is 2.34. The van der Waals surface area contributed by atoms with Crippen LogP contribution < -0.4 is 4.74 Å². The van der Waals surface area contributed by atoms with Gasteiger partial charge in [0.15, 0.2) is 0 Å². The Kier molecular flexibility index (Phi) is 5.65. The number of hydrogen-bond donors (Lipinski definition) is 1. The molecule has 0 amide bonds. The number of hydrogen-bond acceptors (Lipinski definition) is 4. The van der Waals surface area contributed by atoms with Crippen LogP contribution in [0.2, 0.25) is 0 Å². The monoisotopic (exact) mass is 377 g/mol. The Hall–Kier alpha value is -0.630. The molecular formula is C14H20BrNO4S. The number of methoxy groups -OCH3 is 1. The molecule has 0 bridgehead atoms. The standard InChI is InChI=1S/C14H20BrNO4S/c1-20-13-7-6-11(15)10-14(13)21(18,19)16(8-3-9-17)12-4-2-5-12/h6-7,10,12,17H,2-5,8-9H2,1H3. The average Bonchev–Trinajstić information content (AvgIpc) is 2.41. The summed E-state index contributed by atoms with van der Waals surface area (Å²) in [5, 5.41) is 9.02. The summed E-state index contributed by atoms with van der Waals surface area (Å²) in [6.07, 6.45) is 3.24. The van der Waals surface area contributed by atoms with Gasteiger partial charge in [-0.15, -0.1) is 0 Å². The molecule has 1 aliphatic carbocycles. The molecule has 0 unspecified atom stereocenters. The van der Waals surface area contributed by atoms with E-state index in [2.05, 4.69) is 15.9 Å². The van der Waals surface area contributed by atoms with Gasteiger partial charge in [0.05, 0.1) is 7.11 Å². The molecule has 1 aromatic rings. The SMILES string of the molecule is COc1ccc(Br)cc1S(=O)(=O)N(CCCO)C1CCC1. The van der Waals surface area contributed by atoms with E-state index in [1.165, 1.54) is 11.4 Å². The summed E-state index contributed by atoms with van der Waals surface area (Å²) < 4.78 is 33.3. The van der Waals surface area contributed by atoms with Gasteiger partial charge < -0.3 is 9.84 Å². The van der Waals surface area contributed by atoms with Crippen LogP contribution in [0, 0.1) is 0 Å². The molecule has 0 aromatic heterocycles. The zero-order valence-electron chi connectivity index (χ0n) is 12.0. The summed E-state index contributed by atoms with van der Waals surface area (Å²) in [6, 6.07) is 4.99. The van der Waals surface area contributed by atoms with E-state index in [-0.39, 0.29) is 17.5 Å². The molecule has 0 saturated heterocycles. The van der Waals surface area contributed by atoms with Crippen LogP contribution in [0.3, 0.4) is 0 Å². The first-order chi connectivity index (χ1) is 10.0. The molecule has 21 heavy (non-hydrogen) atoms. The zero-order valence-corrected chi connectivity index (χ0v) is 14.4. The van der Waals surface area contributed by atoms with E-state index in [0.717, 1.165) is 19.3 Å². The lowest BCUT2D eigenvalue weighted by molar-refractivity contribution is 0.198. The van der Waals surface area contributed by atoms with Gasteiger partial charge in [0, 0.05) is 23.7 Å². The fourth-order valence-electron chi connectivity index (χ4n) is 2.38. The zero-order chi connectivity index (χ0) is 15.5. The summed E-state index contributed by atoms with van der Waals surface area (Å²) in [5.41, 5.74) is 0. The second-order valence-electron chi connectivity index (χ2n) is 5.07. The molecule has 5 nitrogen and oxygen atoms in total. The number of benzene rings is 1.